The Kier molecular flexibility index (Phi) is 6.74. The first-order valence-electron chi connectivity index (χ1n) is 10.1. The minimum atomic E-state index is -0.539. The Morgan fingerprint density at radius 2 is 1.71 bits per heavy atom. The topological polar surface area (TPSA) is 76.5 Å². The molecule has 3 rings (SSSR count). The van der Waals surface area contributed by atoms with E-state index < -0.39 is 11.7 Å². The highest BCUT2D eigenvalue weighted by molar-refractivity contribution is 5.94. The number of nitrogens with zero attached hydrogens (tertiary/aromatic N) is 3. The molecule has 0 aliphatic rings. The van der Waals surface area contributed by atoms with Gasteiger partial charge >= 0.3 is 6.09 Å². The number of para-hydroxylation sites is 1. The zero-order chi connectivity index (χ0) is 22.4. The number of benzene rings is 2. The Hall–Kier alpha value is -3.61. The molecule has 0 bridgehead atoms. The van der Waals surface area contributed by atoms with Gasteiger partial charge in [-0.15, -0.1) is 0 Å². The number of ether oxygens (including phenoxy) is 1. The zero-order valence-electron chi connectivity index (χ0n) is 18.3. The molecule has 0 saturated heterocycles. The van der Waals surface area contributed by atoms with Crippen LogP contribution in [0.5, 0.6) is 0 Å². The van der Waals surface area contributed by atoms with Crippen LogP contribution in [0.3, 0.4) is 0 Å². The average Bonchev–Trinajstić information content (AvgIpc) is 3.20. The summed E-state index contributed by atoms with van der Waals surface area (Å²) in [4.78, 5) is 26.2. The summed E-state index contributed by atoms with van der Waals surface area (Å²) in [6.07, 6.45) is 3.22. The highest BCUT2D eigenvalue weighted by atomic mass is 16.6. The predicted octanol–water partition coefficient (Wildman–Crippen LogP) is 4.17. The van der Waals surface area contributed by atoms with Gasteiger partial charge in [0.15, 0.2) is 0 Å². The second-order valence-electron chi connectivity index (χ2n) is 8.34. The molecule has 0 radical (unpaired) electrons. The normalized spacial score (nSPS) is 11.1. The molecule has 0 atom stereocenters. The van der Waals surface area contributed by atoms with Gasteiger partial charge in [0.2, 0.25) is 0 Å². The monoisotopic (exact) mass is 420 g/mol. The molecule has 3 aromatic rings. The molecule has 7 nitrogen and oxygen atoms in total. The minimum absolute atomic E-state index is 0.0842. The maximum Gasteiger partial charge on any atom is 0.407 e. The number of carbonyl (C=O) groups excluding carboxylic acids is 2. The fourth-order valence-electron chi connectivity index (χ4n) is 2.98. The molecule has 2 aromatic carbocycles. The van der Waals surface area contributed by atoms with Gasteiger partial charge in [0, 0.05) is 37.5 Å². The van der Waals surface area contributed by atoms with Crippen LogP contribution in [0.15, 0.2) is 67.0 Å². The minimum Gasteiger partial charge on any atom is -0.444 e. The van der Waals surface area contributed by atoms with Gasteiger partial charge in [-0.1, -0.05) is 30.3 Å². The Morgan fingerprint density at radius 3 is 2.35 bits per heavy atom. The van der Waals surface area contributed by atoms with Crippen molar-refractivity contribution in [2.24, 2.45) is 0 Å². The molecule has 0 spiro atoms. The standard InChI is InChI=1S/C24H28N4O3/c1-24(2,3)31-23(30)25-14-18-10-12-20(13-11-18)22(29)27(4)16-19-15-26-28(17-19)21-8-6-5-7-9-21/h5-13,15,17H,14,16H2,1-4H3,(H,25,30). The van der Waals surface area contributed by atoms with Crippen molar-refractivity contribution in [1.29, 1.82) is 0 Å². The zero-order valence-corrected chi connectivity index (χ0v) is 18.3. The van der Waals surface area contributed by atoms with Crippen molar-refractivity contribution in [1.82, 2.24) is 20.0 Å². The molecule has 1 N–H and O–H groups in total. The van der Waals surface area contributed by atoms with E-state index >= 15 is 0 Å². The largest absolute Gasteiger partial charge is 0.444 e. The van der Waals surface area contributed by atoms with Crippen LogP contribution in [0.4, 0.5) is 4.79 Å². The van der Waals surface area contributed by atoms with Crippen LogP contribution in [0.2, 0.25) is 0 Å². The van der Waals surface area contributed by atoms with Crippen LogP contribution in [0, 0.1) is 0 Å². The third-order valence-corrected chi connectivity index (χ3v) is 4.46. The lowest BCUT2D eigenvalue weighted by molar-refractivity contribution is 0.0523. The van der Waals surface area contributed by atoms with Crippen molar-refractivity contribution in [3.8, 4) is 5.69 Å². The number of amides is 2. The third-order valence-electron chi connectivity index (χ3n) is 4.46. The number of hydrogen-bond donors (Lipinski definition) is 1. The predicted molar refractivity (Wildman–Crippen MR) is 119 cm³/mol. The maximum atomic E-state index is 12.8. The Labute approximate surface area is 182 Å². The van der Waals surface area contributed by atoms with E-state index in [1.54, 1.807) is 35.0 Å². The van der Waals surface area contributed by atoms with Crippen molar-refractivity contribution >= 4 is 12.0 Å². The van der Waals surface area contributed by atoms with Crippen LogP contribution in [-0.4, -0.2) is 39.3 Å². The smallest absolute Gasteiger partial charge is 0.407 e. The van der Waals surface area contributed by atoms with Crippen molar-refractivity contribution in [2.75, 3.05) is 7.05 Å². The molecule has 2 amide bonds. The second-order valence-corrected chi connectivity index (χ2v) is 8.34. The van der Waals surface area contributed by atoms with Gasteiger partial charge in [-0.05, 0) is 50.6 Å². The first-order chi connectivity index (χ1) is 14.7. The summed E-state index contributed by atoms with van der Waals surface area (Å²) >= 11 is 0. The van der Waals surface area contributed by atoms with Crippen molar-refractivity contribution < 1.29 is 14.3 Å². The number of alkyl carbamates (subject to hydrolysis) is 1. The highest BCUT2D eigenvalue weighted by Gasteiger charge is 2.16. The second kappa shape index (κ2) is 9.47. The van der Waals surface area contributed by atoms with Gasteiger partial charge in [0.05, 0.1) is 11.9 Å². The summed E-state index contributed by atoms with van der Waals surface area (Å²) in [6.45, 7) is 6.23. The van der Waals surface area contributed by atoms with Gasteiger partial charge in [-0.2, -0.15) is 5.10 Å². The highest BCUT2D eigenvalue weighted by Crippen LogP contribution is 2.13. The van der Waals surface area contributed by atoms with E-state index in [0.29, 0.717) is 18.7 Å². The van der Waals surface area contributed by atoms with E-state index in [4.69, 9.17) is 4.74 Å². The van der Waals surface area contributed by atoms with E-state index in [9.17, 15) is 9.59 Å². The first kappa shape index (κ1) is 22.1. The quantitative estimate of drug-likeness (QED) is 0.649. The van der Waals surface area contributed by atoms with Gasteiger partial charge in [0.1, 0.15) is 5.60 Å². The number of nitrogens with one attached hydrogen (secondary N) is 1. The number of hydrogen-bond acceptors (Lipinski definition) is 4. The average molecular weight is 421 g/mol. The van der Waals surface area contributed by atoms with Crippen molar-refractivity contribution in [3.63, 3.8) is 0 Å². The Bertz CT molecular complexity index is 1020. The summed E-state index contributed by atoms with van der Waals surface area (Å²) in [7, 11) is 1.76. The van der Waals surface area contributed by atoms with Crippen LogP contribution >= 0.6 is 0 Å². The van der Waals surface area contributed by atoms with Crippen LogP contribution in [0.25, 0.3) is 5.69 Å². The molecule has 0 unspecified atom stereocenters. The fraction of sp³-hybridized carbons (Fsp3) is 0.292. The lowest BCUT2D eigenvalue weighted by atomic mass is 10.1. The van der Waals surface area contributed by atoms with Crippen LogP contribution in [0.1, 0.15) is 42.3 Å². The van der Waals surface area contributed by atoms with E-state index in [-0.39, 0.29) is 5.91 Å². The molecule has 0 fully saturated rings. The van der Waals surface area contributed by atoms with E-state index in [2.05, 4.69) is 10.4 Å². The van der Waals surface area contributed by atoms with E-state index in [0.717, 1.165) is 16.8 Å². The van der Waals surface area contributed by atoms with Gasteiger partial charge < -0.3 is 15.0 Å². The molecule has 31 heavy (non-hydrogen) atoms. The summed E-state index contributed by atoms with van der Waals surface area (Å²) < 4.78 is 7.01. The third kappa shape index (κ3) is 6.44. The lowest BCUT2D eigenvalue weighted by Gasteiger charge is -2.19. The molecule has 0 aliphatic heterocycles. The lowest BCUT2D eigenvalue weighted by Crippen LogP contribution is -2.32. The van der Waals surface area contributed by atoms with E-state index in [1.165, 1.54) is 0 Å². The molecule has 0 aliphatic carbocycles. The van der Waals surface area contributed by atoms with Crippen molar-refractivity contribution in [2.45, 2.75) is 39.5 Å². The summed E-state index contributed by atoms with van der Waals surface area (Å²) in [5.74, 6) is -0.0842. The molecule has 7 heteroatoms. The molecule has 0 saturated carbocycles. The first-order valence-corrected chi connectivity index (χ1v) is 10.1. The molecule has 1 aromatic heterocycles. The molecular weight excluding hydrogens is 392 g/mol. The van der Waals surface area contributed by atoms with Gasteiger partial charge in [0.25, 0.3) is 5.91 Å². The molecular formula is C24H28N4O3. The Balaban J connectivity index is 1.55. The number of carbonyl (C=O) groups is 2. The number of aromatic nitrogens is 2. The summed E-state index contributed by atoms with van der Waals surface area (Å²) in [5.41, 5.74) is 2.84. The molecule has 162 valence electrons. The van der Waals surface area contributed by atoms with Crippen molar-refractivity contribution in [3.05, 3.63) is 83.7 Å². The fourth-order valence-corrected chi connectivity index (χ4v) is 2.98. The van der Waals surface area contributed by atoms with Gasteiger partial charge in [-0.3, -0.25) is 4.79 Å². The van der Waals surface area contributed by atoms with Gasteiger partial charge in [-0.25, -0.2) is 9.48 Å². The van der Waals surface area contributed by atoms with Crippen LogP contribution in [-0.2, 0) is 17.8 Å². The summed E-state index contributed by atoms with van der Waals surface area (Å²) in [5, 5.41) is 7.08. The summed E-state index contributed by atoms with van der Waals surface area (Å²) in [6, 6.07) is 17.0. The number of rotatable bonds is 6. The van der Waals surface area contributed by atoms with Crippen LogP contribution < -0.4 is 5.32 Å². The SMILES string of the molecule is CN(Cc1cnn(-c2ccccc2)c1)C(=O)c1ccc(CNC(=O)OC(C)(C)C)cc1. The maximum absolute atomic E-state index is 12.8. The molecule has 1 heterocycles. The Morgan fingerprint density at radius 1 is 1.03 bits per heavy atom. The van der Waals surface area contributed by atoms with E-state index in [1.807, 2.05) is 69.4 Å².